The second-order valence-electron chi connectivity index (χ2n) is 5.29. The first-order valence-electron chi connectivity index (χ1n) is 6.27. The van der Waals surface area contributed by atoms with Crippen LogP contribution in [0.25, 0.3) is 0 Å². The summed E-state index contributed by atoms with van der Waals surface area (Å²) >= 11 is 0. The summed E-state index contributed by atoms with van der Waals surface area (Å²) in [7, 11) is 0. The van der Waals surface area contributed by atoms with Crippen molar-refractivity contribution in [2.24, 2.45) is 0 Å². The highest BCUT2D eigenvalue weighted by atomic mass is 19.1. The Morgan fingerprint density at radius 2 is 2.16 bits per heavy atom. The maximum Gasteiger partial charge on any atom is 0.136 e. The molecule has 2 N–H and O–H groups in total. The van der Waals surface area contributed by atoms with Gasteiger partial charge in [0.25, 0.3) is 0 Å². The summed E-state index contributed by atoms with van der Waals surface area (Å²) in [5, 5.41) is 19.8. The van der Waals surface area contributed by atoms with Gasteiger partial charge in [0.2, 0.25) is 0 Å². The highest BCUT2D eigenvalue weighted by Gasteiger charge is 2.38. The molecule has 1 aliphatic rings. The van der Waals surface area contributed by atoms with Crippen LogP contribution >= 0.6 is 0 Å². The van der Waals surface area contributed by atoms with Gasteiger partial charge in [-0.25, -0.2) is 8.78 Å². The van der Waals surface area contributed by atoms with Crippen molar-refractivity contribution in [1.29, 1.82) is 0 Å². The van der Waals surface area contributed by atoms with Crippen LogP contribution in [0.15, 0.2) is 18.2 Å². The van der Waals surface area contributed by atoms with E-state index in [0.29, 0.717) is 13.0 Å². The average molecular weight is 270 g/mol. The standard InChI is InChI=1S/C14H18F2NO2/c1-14(2,19)13(18)17-7-3-4-12(17)10-8-9(15)5-6-11(10)16/h5-6,8,12-13,18-19H,1,3-4,7H2,2H3/t12-,13?,14?/m1/s1. The van der Waals surface area contributed by atoms with Crippen molar-refractivity contribution in [3.63, 3.8) is 0 Å². The van der Waals surface area contributed by atoms with Gasteiger partial charge < -0.3 is 10.2 Å². The summed E-state index contributed by atoms with van der Waals surface area (Å²) in [5.74, 6) is -1.02. The van der Waals surface area contributed by atoms with E-state index in [2.05, 4.69) is 6.92 Å². The van der Waals surface area contributed by atoms with Gasteiger partial charge in [0, 0.05) is 18.2 Å². The lowest BCUT2D eigenvalue weighted by molar-refractivity contribution is -0.123. The van der Waals surface area contributed by atoms with E-state index >= 15 is 0 Å². The van der Waals surface area contributed by atoms with Crippen molar-refractivity contribution >= 4 is 0 Å². The van der Waals surface area contributed by atoms with Crippen molar-refractivity contribution in [1.82, 2.24) is 4.90 Å². The van der Waals surface area contributed by atoms with Crippen molar-refractivity contribution in [3.8, 4) is 0 Å². The molecule has 1 aromatic carbocycles. The predicted octanol–water partition coefficient (Wildman–Crippen LogP) is 2.01. The third-order valence-electron chi connectivity index (χ3n) is 3.48. The van der Waals surface area contributed by atoms with Crippen molar-refractivity contribution in [2.45, 2.75) is 37.6 Å². The van der Waals surface area contributed by atoms with Crippen molar-refractivity contribution < 1.29 is 19.0 Å². The lowest BCUT2D eigenvalue weighted by Gasteiger charge is -2.36. The Morgan fingerprint density at radius 3 is 2.79 bits per heavy atom. The fraction of sp³-hybridized carbons (Fsp3) is 0.500. The molecule has 0 aliphatic carbocycles. The molecule has 0 amide bonds. The largest absolute Gasteiger partial charge is 0.386 e. The Balaban J connectivity index is 2.31. The van der Waals surface area contributed by atoms with Crippen LogP contribution in [0.5, 0.6) is 0 Å². The van der Waals surface area contributed by atoms with Gasteiger partial charge in [0.05, 0.1) is 0 Å². The molecule has 1 aliphatic heterocycles. The van der Waals surface area contributed by atoms with Crippen LogP contribution in [-0.4, -0.2) is 33.5 Å². The number of nitrogens with zero attached hydrogens (tertiary/aromatic N) is 1. The van der Waals surface area contributed by atoms with Crippen LogP contribution in [-0.2, 0) is 0 Å². The number of aliphatic hydroxyl groups is 2. The number of halogens is 2. The van der Waals surface area contributed by atoms with Crippen LogP contribution < -0.4 is 0 Å². The van der Waals surface area contributed by atoms with Crippen LogP contribution in [0.3, 0.4) is 0 Å². The molecule has 2 unspecified atom stereocenters. The predicted molar refractivity (Wildman–Crippen MR) is 67.0 cm³/mol. The van der Waals surface area contributed by atoms with Gasteiger partial charge in [-0.15, -0.1) is 0 Å². The normalized spacial score (nSPS) is 22.7. The van der Waals surface area contributed by atoms with E-state index < -0.39 is 29.5 Å². The van der Waals surface area contributed by atoms with E-state index in [9.17, 15) is 19.0 Å². The maximum absolute atomic E-state index is 13.8. The van der Waals surface area contributed by atoms with Crippen LogP contribution in [0.4, 0.5) is 8.78 Å². The van der Waals surface area contributed by atoms with Gasteiger partial charge in [-0.1, -0.05) is 0 Å². The number of aliphatic hydroxyl groups excluding tert-OH is 1. The zero-order chi connectivity index (χ0) is 14.2. The lowest BCUT2D eigenvalue weighted by Crippen LogP contribution is -2.49. The lowest BCUT2D eigenvalue weighted by atomic mass is 10.0. The molecular weight excluding hydrogens is 252 g/mol. The molecule has 3 nitrogen and oxygen atoms in total. The molecule has 19 heavy (non-hydrogen) atoms. The molecule has 0 aromatic heterocycles. The summed E-state index contributed by atoms with van der Waals surface area (Å²) in [5.41, 5.74) is -1.35. The molecule has 1 saturated heterocycles. The molecule has 1 aromatic rings. The SMILES string of the molecule is [CH2]C(C)(O)C(O)N1CCC[C@@H]1c1cc(F)ccc1F. The zero-order valence-electron chi connectivity index (χ0n) is 10.8. The minimum atomic E-state index is -1.56. The van der Waals surface area contributed by atoms with Gasteiger partial charge in [-0.3, -0.25) is 4.90 Å². The second-order valence-corrected chi connectivity index (χ2v) is 5.29. The first kappa shape index (κ1) is 14.4. The first-order valence-corrected chi connectivity index (χ1v) is 6.27. The van der Waals surface area contributed by atoms with Gasteiger partial charge in [0.15, 0.2) is 0 Å². The van der Waals surface area contributed by atoms with Gasteiger partial charge in [-0.2, -0.15) is 0 Å². The molecule has 1 fully saturated rings. The van der Waals surface area contributed by atoms with E-state index in [1.807, 2.05) is 0 Å². The Labute approximate surface area is 111 Å². The van der Waals surface area contributed by atoms with Crippen LogP contribution in [0.1, 0.15) is 31.4 Å². The Morgan fingerprint density at radius 1 is 1.47 bits per heavy atom. The van der Waals surface area contributed by atoms with Gasteiger partial charge >= 0.3 is 0 Å². The third-order valence-corrected chi connectivity index (χ3v) is 3.48. The van der Waals surface area contributed by atoms with E-state index in [0.717, 1.165) is 24.6 Å². The topological polar surface area (TPSA) is 43.7 Å². The second kappa shape index (κ2) is 5.15. The number of rotatable bonds is 3. The molecule has 2 rings (SSSR count). The van der Waals surface area contributed by atoms with Crippen molar-refractivity contribution in [2.75, 3.05) is 6.54 Å². The highest BCUT2D eigenvalue weighted by Crippen LogP contribution is 2.36. The molecule has 1 heterocycles. The fourth-order valence-corrected chi connectivity index (χ4v) is 2.54. The molecule has 105 valence electrons. The van der Waals surface area contributed by atoms with Crippen molar-refractivity contribution in [3.05, 3.63) is 42.3 Å². The minimum Gasteiger partial charge on any atom is -0.386 e. The molecule has 0 bridgehead atoms. The Hall–Kier alpha value is -1.04. The third kappa shape index (κ3) is 2.94. The number of likely N-dealkylation sites (tertiary alicyclic amines) is 1. The van der Waals surface area contributed by atoms with Crippen LogP contribution in [0.2, 0.25) is 0 Å². The highest BCUT2D eigenvalue weighted by molar-refractivity contribution is 5.23. The fourth-order valence-electron chi connectivity index (χ4n) is 2.54. The van der Waals surface area contributed by atoms with Crippen LogP contribution in [0, 0.1) is 18.6 Å². The first-order chi connectivity index (χ1) is 8.80. The van der Waals surface area contributed by atoms with Gasteiger partial charge in [-0.05, 0) is 44.9 Å². The monoisotopic (exact) mass is 270 g/mol. The Kier molecular flexibility index (Phi) is 3.90. The average Bonchev–Trinajstić information content (AvgIpc) is 2.78. The van der Waals surface area contributed by atoms with Gasteiger partial charge in [0.1, 0.15) is 23.5 Å². The molecule has 0 spiro atoms. The van der Waals surface area contributed by atoms with E-state index in [-0.39, 0.29) is 5.56 Å². The molecule has 5 heteroatoms. The van der Waals surface area contributed by atoms with E-state index in [4.69, 9.17) is 0 Å². The summed E-state index contributed by atoms with van der Waals surface area (Å²) in [6.45, 7) is 5.37. The molecule has 0 saturated carbocycles. The summed E-state index contributed by atoms with van der Waals surface area (Å²) in [6, 6.07) is 2.84. The molecular formula is C14H18F2NO2. The molecule has 3 atom stereocenters. The smallest absolute Gasteiger partial charge is 0.136 e. The van der Waals surface area contributed by atoms with E-state index in [1.54, 1.807) is 4.90 Å². The number of hydrogen-bond acceptors (Lipinski definition) is 3. The Bertz CT molecular complexity index is 459. The maximum atomic E-state index is 13.8. The number of hydrogen-bond donors (Lipinski definition) is 2. The van der Waals surface area contributed by atoms with E-state index in [1.165, 1.54) is 6.92 Å². The molecule has 1 radical (unpaired) electrons. The number of benzene rings is 1. The summed E-state index contributed by atoms with van der Waals surface area (Å²) in [4.78, 5) is 1.56. The quantitative estimate of drug-likeness (QED) is 0.883. The zero-order valence-corrected chi connectivity index (χ0v) is 10.8. The summed E-state index contributed by atoms with van der Waals surface area (Å²) < 4.78 is 27.1. The minimum absolute atomic E-state index is 0.209. The summed E-state index contributed by atoms with van der Waals surface area (Å²) in [6.07, 6.45) is 0.129.